The largest absolute Gasteiger partial charge is 0.326 e. The van der Waals surface area contributed by atoms with Crippen LogP contribution in [0.3, 0.4) is 0 Å². The Balaban J connectivity index is 1.34. The van der Waals surface area contributed by atoms with Crippen LogP contribution in [0.15, 0.2) is 42.5 Å². The summed E-state index contributed by atoms with van der Waals surface area (Å²) in [6.45, 7) is 2.60. The molecule has 2 aliphatic heterocycles. The standard InChI is InChI=1S/C22H21N3O4/c1-14-4-9-17-18(13-14)22(29)25(21(17)28)12-10-19(26)23-15-5-7-16(8-6-15)24-11-2-3-20(24)27/h4-9,13H,2-3,10-12H2,1H3,(H,23,26). The first-order valence-corrected chi connectivity index (χ1v) is 9.61. The molecule has 0 spiro atoms. The first kappa shape index (κ1) is 18.9. The molecule has 0 radical (unpaired) electrons. The number of amides is 4. The van der Waals surface area contributed by atoms with Gasteiger partial charge in [0.15, 0.2) is 0 Å². The maximum atomic E-state index is 12.5. The number of carbonyl (C=O) groups excluding carboxylic acids is 4. The van der Waals surface area contributed by atoms with E-state index in [0.717, 1.165) is 22.6 Å². The molecule has 4 amide bonds. The van der Waals surface area contributed by atoms with Crippen molar-refractivity contribution in [2.75, 3.05) is 23.3 Å². The van der Waals surface area contributed by atoms with Crippen LogP contribution in [0, 0.1) is 6.92 Å². The molecule has 1 saturated heterocycles. The lowest BCUT2D eigenvalue weighted by Crippen LogP contribution is -2.32. The lowest BCUT2D eigenvalue weighted by molar-refractivity contribution is -0.117. The Hall–Kier alpha value is -3.48. The van der Waals surface area contributed by atoms with Gasteiger partial charge in [0.25, 0.3) is 11.8 Å². The van der Waals surface area contributed by atoms with Crippen molar-refractivity contribution in [3.05, 3.63) is 59.2 Å². The summed E-state index contributed by atoms with van der Waals surface area (Å²) < 4.78 is 0. The van der Waals surface area contributed by atoms with E-state index in [-0.39, 0.29) is 36.6 Å². The van der Waals surface area contributed by atoms with E-state index < -0.39 is 0 Å². The predicted molar refractivity (Wildman–Crippen MR) is 108 cm³/mol. The van der Waals surface area contributed by atoms with Gasteiger partial charge in [0, 0.05) is 37.3 Å². The highest BCUT2D eigenvalue weighted by atomic mass is 16.2. The van der Waals surface area contributed by atoms with Gasteiger partial charge >= 0.3 is 0 Å². The normalized spacial score (nSPS) is 15.8. The Morgan fingerprint density at radius 3 is 2.41 bits per heavy atom. The SMILES string of the molecule is Cc1ccc2c(c1)C(=O)N(CCC(=O)Nc1ccc(N3CCCC3=O)cc1)C2=O. The summed E-state index contributed by atoms with van der Waals surface area (Å²) >= 11 is 0. The molecule has 2 aromatic carbocycles. The molecule has 0 aliphatic carbocycles. The minimum atomic E-state index is -0.363. The third kappa shape index (κ3) is 3.63. The Morgan fingerprint density at radius 2 is 1.72 bits per heavy atom. The van der Waals surface area contributed by atoms with E-state index in [2.05, 4.69) is 5.32 Å². The van der Waals surface area contributed by atoms with Crippen LogP contribution in [-0.2, 0) is 9.59 Å². The van der Waals surface area contributed by atoms with E-state index in [1.165, 1.54) is 0 Å². The lowest BCUT2D eigenvalue weighted by Gasteiger charge is -2.16. The third-order valence-corrected chi connectivity index (χ3v) is 5.22. The van der Waals surface area contributed by atoms with Crippen molar-refractivity contribution in [1.29, 1.82) is 0 Å². The van der Waals surface area contributed by atoms with Crippen LogP contribution in [0.4, 0.5) is 11.4 Å². The number of fused-ring (bicyclic) bond motifs is 1. The number of benzene rings is 2. The second kappa shape index (κ2) is 7.50. The smallest absolute Gasteiger partial charge is 0.261 e. The fraction of sp³-hybridized carbons (Fsp3) is 0.273. The Morgan fingerprint density at radius 1 is 1.00 bits per heavy atom. The van der Waals surface area contributed by atoms with E-state index in [9.17, 15) is 19.2 Å². The molecule has 4 rings (SSSR count). The quantitative estimate of drug-likeness (QED) is 0.794. The van der Waals surface area contributed by atoms with Gasteiger partial charge in [0.1, 0.15) is 0 Å². The molecular formula is C22H21N3O4. The number of anilines is 2. The topological polar surface area (TPSA) is 86.8 Å². The number of hydrogen-bond acceptors (Lipinski definition) is 4. The Labute approximate surface area is 168 Å². The van der Waals surface area contributed by atoms with Gasteiger partial charge in [-0.25, -0.2) is 0 Å². The minimum absolute atomic E-state index is 0.0107. The molecule has 0 bridgehead atoms. The molecule has 148 valence electrons. The van der Waals surface area contributed by atoms with Gasteiger partial charge in [0.2, 0.25) is 11.8 Å². The fourth-order valence-electron chi connectivity index (χ4n) is 3.69. The van der Waals surface area contributed by atoms with Gasteiger partial charge in [-0.3, -0.25) is 24.1 Å². The van der Waals surface area contributed by atoms with Crippen LogP contribution in [0.2, 0.25) is 0 Å². The molecule has 0 atom stereocenters. The maximum Gasteiger partial charge on any atom is 0.261 e. The molecule has 0 unspecified atom stereocenters. The van der Waals surface area contributed by atoms with Crippen LogP contribution in [0.25, 0.3) is 0 Å². The highest BCUT2D eigenvalue weighted by molar-refractivity contribution is 6.21. The number of nitrogens with one attached hydrogen (secondary N) is 1. The second-order valence-corrected chi connectivity index (χ2v) is 7.30. The molecule has 2 heterocycles. The molecule has 1 N–H and O–H groups in total. The third-order valence-electron chi connectivity index (χ3n) is 5.22. The second-order valence-electron chi connectivity index (χ2n) is 7.30. The van der Waals surface area contributed by atoms with Gasteiger partial charge in [-0.2, -0.15) is 0 Å². The number of rotatable bonds is 5. The van der Waals surface area contributed by atoms with Crippen LogP contribution in [0.5, 0.6) is 0 Å². The monoisotopic (exact) mass is 391 g/mol. The summed E-state index contributed by atoms with van der Waals surface area (Å²) in [6.07, 6.45) is 1.43. The van der Waals surface area contributed by atoms with Crippen LogP contribution >= 0.6 is 0 Å². The van der Waals surface area contributed by atoms with Gasteiger partial charge in [-0.05, 0) is 49.7 Å². The van der Waals surface area contributed by atoms with E-state index >= 15 is 0 Å². The molecular weight excluding hydrogens is 370 g/mol. The number of aryl methyl sites for hydroxylation is 1. The van der Waals surface area contributed by atoms with Gasteiger partial charge < -0.3 is 10.2 Å². The van der Waals surface area contributed by atoms with Crippen molar-refractivity contribution in [2.45, 2.75) is 26.2 Å². The van der Waals surface area contributed by atoms with E-state index in [4.69, 9.17) is 0 Å². The van der Waals surface area contributed by atoms with Crippen LogP contribution in [0.1, 0.15) is 45.5 Å². The molecule has 7 nitrogen and oxygen atoms in total. The molecule has 2 aromatic rings. The Kier molecular flexibility index (Phi) is 4.88. The first-order chi connectivity index (χ1) is 13.9. The first-order valence-electron chi connectivity index (χ1n) is 9.61. The molecule has 2 aliphatic rings. The number of nitrogens with zero attached hydrogens (tertiary/aromatic N) is 2. The number of hydrogen-bond donors (Lipinski definition) is 1. The molecule has 7 heteroatoms. The van der Waals surface area contributed by atoms with Crippen LogP contribution in [-0.4, -0.2) is 41.6 Å². The van der Waals surface area contributed by atoms with E-state index in [0.29, 0.717) is 29.8 Å². The number of imide groups is 1. The van der Waals surface area contributed by atoms with Gasteiger partial charge in [-0.15, -0.1) is 0 Å². The number of carbonyl (C=O) groups is 4. The predicted octanol–water partition coefficient (Wildman–Crippen LogP) is 2.75. The molecule has 0 saturated carbocycles. The zero-order chi connectivity index (χ0) is 20.5. The summed E-state index contributed by atoms with van der Waals surface area (Å²) in [5.41, 5.74) is 3.09. The van der Waals surface area contributed by atoms with Crippen molar-refractivity contribution in [2.24, 2.45) is 0 Å². The average molecular weight is 391 g/mol. The Bertz CT molecular complexity index is 1010. The minimum Gasteiger partial charge on any atom is -0.326 e. The highest BCUT2D eigenvalue weighted by Crippen LogP contribution is 2.25. The van der Waals surface area contributed by atoms with Gasteiger partial charge in [0.05, 0.1) is 11.1 Å². The zero-order valence-electron chi connectivity index (χ0n) is 16.1. The van der Waals surface area contributed by atoms with Crippen LogP contribution < -0.4 is 10.2 Å². The summed E-state index contributed by atoms with van der Waals surface area (Å²) in [5.74, 6) is -0.903. The summed E-state index contributed by atoms with van der Waals surface area (Å²) in [6, 6.07) is 12.2. The summed E-state index contributed by atoms with van der Waals surface area (Å²) in [5, 5.41) is 2.76. The van der Waals surface area contributed by atoms with E-state index in [1.54, 1.807) is 47.4 Å². The molecule has 0 aromatic heterocycles. The van der Waals surface area contributed by atoms with E-state index in [1.807, 2.05) is 6.92 Å². The fourth-order valence-corrected chi connectivity index (χ4v) is 3.69. The average Bonchev–Trinajstić information content (AvgIpc) is 3.23. The molecule has 1 fully saturated rings. The summed E-state index contributed by atoms with van der Waals surface area (Å²) in [4.78, 5) is 51.8. The van der Waals surface area contributed by atoms with Crippen molar-refractivity contribution in [3.63, 3.8) is 0 Å². The summed E-state index contributed by atoms with van der Waals surface area (Å²) in [7, 11) is 0. The highest BCUT2D eigenvalue weighted by Gasteiger charge is 2.35. The van der Waals surface area contributed by atoms with Crippen molar-refractivity contribution < 1.29 is 19.2 Å². The molecule has 29 heavy (non-hydrogen) atoms. The lowest BCUT2D eigenvalue weighted by atomic mass is 10.1. The van der Waals surface area contributed by atoms with Crippen molar-refractivity contribution >= 4 is 35.0 Å². The maximum absolute atomic E-state index is 12.5. The zero-order valence-corrected chi connectivity index (χ0v) is 16.1. The van der Waals surface area contributed by atoms with Crippen molar-refractivity contribution in [1.82, 2.24) is 4.90 Å². The van der Waals surface area contributed by atoms with Gasteiger partial charge in [-0.1, -0.05) is 11.6 Å². The van der Waals surface area contributed by atoms with Crippen molar-refractivity contribution in [3.8, 4) is 0 Å².